The number of benzene rings is 1. The smallest absolute Gasteiger partial charge is 0.147 e. The molecule has 1 aromatic carbocycles. The van der Waals surface area contributed by atoms with Crippen molar-refractivity contribution in [3.63, 3.8) is 0 Å². The number of nitrogens with two attached hydrogens (primary N) is 1. The van der Waals surface area contributed by atoms with Gasteiger partial charge in [0, 0.05) is 5.02 Å². The van der Waals surface area contributed by atoms with Crippen molar-refractivity contribution in [1.82, 2.24) is 4.98 Å². The maximum Gasteiger partial charge on any atom is 0.147 e. The Labute approximate surface area is 126 Å². The second-order valence-corrected chi connectivity index (χ2v) is 5.30. The van der Waals surface area contributed by atoms with E-state index in [0.717, 1.165) is 5.56 Å². The van der Waals surface area contributed by atoms with Crippen LogP contribution in [0, 0.1) is 0 Å². The molecule has 100 valence electrons. The van der Waals surface area contributed by atoms with Crippen molar-refractivity contribution in [3.05, 3.63) is 51.0 Å². The van der Waals surface area contributed by atoms with Crippen LogP contribution in [0.3, 0.4) is 0 Å². The minimum atomic E-state index is -0.0562. The molecule has 3 N–H and O–H groups in total. The second kappa shape index (κ2) is 5.87. The number of pyridine rings is 1. The van der Waals surface area contributed by atoms with E-state index in [1.807, 2.05) is 31.2 Å². The van der Waals surface area contributed by atoms with Gasteiger partial charge in [-0.3, -0.25) is 0 Å². The van der Waals surface area contributed by atoms with Crippen molar-refractivity contribution in [1.29, 1.82) is 0 Å². The van der Waals surface area contributed by atoms with E-state index in [-0.39, 0.29) is 11.9 Å². The zero-order valence-electron chi connectivity index (χ0n) is 10.1. The normalized spacial score (nSPS) is 12.2. The maximum absolute atomic E-state index is 6.14. The summed E-state index contributed by atoms with van der Waals surface area (Å²) in [4.78, 5) is 4.13. The lowest BCUT2D eigenvalue weighted by Gasteiger charge is -2.17. The van der Waals surface area contributed by atoms with Crippen LogP contribution < -0.4 is 11.1 Å². The molecule has 0 spiro atoms. The zero-order valence-corrected chi connectivity index (χ0v) is 12.4. The molecule has 0 fully saturated rings. The number of aromatic nitrogens is 1. The van der Waals surface area contributed by atoms with Crippen LogP contribution in [0.15, 0.2) is 30.3 Å². The highest BCUT2D eigenvalue weighted by atomic mass is 35.5. The third-order valence-electron chi connectivity index (χ3n) is 2.68. The molecule has 1 unspecified atom stereocenters. The van der Waals surface area contributed by atoms with Gasteiger partial charge in [-0.05, 0) is 24.6 Å². The summed E-state index contributed by atoms with van der Waals surface area (Å²) in [5.41, 5.74) is 6.62. The number of hydrogen-bond donors (Lipinski definition) is 2. The molecule has 0 saturated carbocycles. The van der Waals surface area contributed by atoms with E-state index in [1.165, 1.54) is 0 Å². The van der Waals surface area contributed by atoms with E-state index in [9.17, 15) is 0 Å². The number of nitrogens with zero attached hydrogens (tertiary/aromatic N) is 1. The highest BCUT2D eigenvalue weighted by Crippen LogP contribution is 2.31. The van der Waals surface area contributed by atoms with Gasteiger partial charge in [-0.25, -0.2) is 4.98 Å². The van der Waals surface area contributed by atoms with Crippen LogP contribution in [0.4, 0.5) is 11.6 Å². The van der Waals surface area contributed by atoms with Crippen LogP contribution in [0.1, 0.15) is 18.5 Å². The van der Waals surface area contributed by atoms with E-state index in [1.54, 1.807) is 6.07 Å². The largest absolute Gasteiger partial charge is 0.382 e. The number of rotatable bonds is 3. The van der Waals surface area contributed by atoms with Gasteiger partial charge >= 0.3 is 0 Å². The molecule has 2 aromatic rings. The van der Waals surface area contributed by atoms with Crippen molar-refractivity contribution in [2.75, 3.05) is 11.1 Å². The fourth-order valence-corrected chi connectivity index (χ4v) is 2.40. The van der Waals surface area contributed by atoms with Crippen molar-refractivity contribution in [2.24, 2.45) is 0 Å². The summed E-state index contributed by atoms with van der Waals surface area (Å²) in [6, 6.07) is 9.08. The Morgan fingerprint density at radius 3 is 2.47 bits per heavy atom. The summed E-state index contributed by atoms with van der Waals surface area (Å²) in [7, 11) is 0. The van der Waals surface area contributed by atoms with Crippen molar-refractivity contribution in [2.45, 2.75) is 13.0 Å². The SMILES string of the molecule is CC(Nc1nc(N)c(Cl)cc1Cl)c1ccccc1Cl. The summed E-state index contributed by atoms with van der Waals surface area (Å²) in [6.45, 7) is 1.96. The fourth-order valence-electron chi connectivity index (χ4n) is 1.69. The molecule has 1 aromatic heterocycles. The average Bonchev–Trinajstić information content (AvgIpc) is 2.36. The molecular weight excluding hydrogens is 305 g/mol. The minimum Gasteiger partial charge on any atom is -0.382 e. The van der Waals surface area contributed by atoms with Crippen molar-refractivity contribution < 1.29 is 0 Å². The third-order valence-corrected chi connectivity index (χ3v) is 3.62. The standard InChI is InChI=1S/C13H12Cl3N3/c1-7(8-4-2-3-5-9(8)14)18-13-11(16)6-10(15)12(17)19-13/h2-7H,1H3,(H3,17,18,19). The van der Waals surface area contributed by atoms with E-state index in [0.29, 0.717) is 20.9 Å². The second-order valence-electron chi connectivity index (χ2n) is 4.07. The van der Waals surface area contributed by atoms with E-state index in [4.69, 9.17) is 40.5 Å². The topological polar surface area (TPSA) is 50.9 Å². The Morgan fingerprint density at radius 2 is 1.79 bits per heavy atom. The van der Waals surface area contributed by atoms with Gasteiger partial charge in [0.1, 0.15) is 11.6 Å². The number of anilines is 2. The first-order valence-corrected chi connectivity index (χ1v) is 6.75. The molecule has 0 aliphatic heterocycles. The Balaban J connectivity index is 2.27. The van der Waals surface area contributed by atoms with Gasteiger partial charge < -0.3 is 11.1 Å². The highest BCUT2D eigenvalue weighted by Gasteiger charge is 2.13. The van der Waals surface area contributed by atoms with Gasteiger partial charge in [-0.2, -0.15) is 0 Å². The van der Waals surface area contributed by atoms with Gasteiger partial charge in [-0.15, -0.1) is 0 Å². The summed E-state index contributed by atoms with van der Waals surface area (Å²) in [5, 5.41) is 4.60. The first-order valence-electron chi connectivity index (χ1n) is 5.61. The van der Waals surface area contributed by atoms with E-state index >= 15 is 0 Å². The summed E-state index contributed by atoms with van der Waals surface area (Å²) in [5.74, 6) is 0.718. The number of hydrogen-bond acceptors (Lipinski definition) is 3. The molecule has 0 radical (unpaired) electrons. The lowest BCUT2D eigenvalue weighted by molar-refractivity contribution is 0.876. The Bertz CT molecular complexity index is 602. The van der Waals surface area contributed by atoms with Gasteiger partial charge in [0.05, 0.1) is 16.1 Å². The molecule has 2 rings (SSSR count). The van der Waals surface area contributed by atoms with Gasteiger partial charge in [0.2, 0.25) is 0 Å². The molecule has 0 saturated heterocycles. The highest BCUT2D eigenvalue weighted by molar-refractivity contribution is 6.37. The van der Waals surface area contributed by atoms with Crippen molar-refractivity contribution >= 4 is 46.4 Å². The fraction of sp³-hybridized carbons (Fsp3) is 0.154. The molecule has 1 heterocycles. The number of halogens is 3. The molecule has 0 amide bonds. The molecule has 6 heteroatoms. The first-order chi connectivity index (χ1) is 8.99. The predicted octanol–water partition coefficient (Wildman–Crippen LogP) is 4.80. The average molecular weight is 317 g/mol. The summed E-state index contributed by atoms with van der Waals surface area (Å²) >= 11 is 18.1. The predicted molar refractivity (Wildman–Crippen MR) is 82.2 cm³/mol. The minimum absolute atomic E-state index is 0.0562. The van der Waals surface area contributed by atoms with Crippen LogP contribution in [-0.2, 0) is 0 Å². The van der Waals surface area contributed by atoms with Crippen LogP contribution in [0.2, 0.25) is 15.1 Å². The molecular formula is C13H12Cl3N3. The van der Waals surface area contributed by atoms with E-state index < -0.39 is 0 Å². The van der Waals surface area contributed by atoms with Crippen molar-refractivity contribution in [3.8, 4) is 0 Å². The summed E-state index contributed by atoms with van der Waals surface area (Å²) < 4.78 is 0. The first kappa shape index (κ1) is 14.3. The lowest BCUT2D eigenvalue weighted by Crippen LogP contribution is -2.09. The monoisotopic (exact) mass is 315 g/mol. The quantitative estimate of drug-likeness (QED) is 0.855. The number of nitrogens with one attached hydrogen (secondary N) is 1. The summed E-state index contributed by atoms with van der Waals surface area (Å²) in [6.07, 6.45) is 0. The zero-order chi connectivity index (χ0) is 14.0. The Morgan fingerprint density at radius 1 is 1.11 bits per heavy atom. The molecule has 0 bridgehead atoms. The van der Waals surface area contributed by atoms with Gasteiger partial charge in [0.25, 0.3) is 0 Å². The molecule has 0 aliphatic carbocycles. The van der Waals surface area contributed by atoms with Gasteiger partial charge in [0.15, 0.2) is 0 Å². The number of nitrogen functional groups attached to an aromatic ring is 1. The van der Waals surface area contributed by atoms with Gasteiger partial charge in [-0.1, -0.05) is 53.0 Å². The van der Waals surface area contributed by atoms with E-state index in [2.05, 4.69) is 10.3 Å². The van der Waals surface area contributed by atoms with Crippen LogP contribution in [-0.4, -0.2) is 4.98 Å². The van der Waals surface area contributed by atoms with Crippen LogP contribution in [0.5, 0.6) is 0 Å². The Hall–Kier alpha value is -1.16. The Kier molecular flexibility index (Phi) is 4.40. The molecule has 0 aliphatic rings. The van der Waals surface area contributed by atoms with Crippen LogP contribution >= 0.6 is 34.8 Å². The third kappa shape index (κ3) is 3.24. The van der Waals surface area contributed by atoms with Crippen LogP contribution in [0.25, 0.3) is 0 Å². The molecule has 3 nitrogen and oxygen atoms in total. The molecule has 19 heavy (non-hydrogen) atoms. The lowest BCUT2D eigenvalue weighted by atomic mass is 10.1. The maximum atomic E-state index is 6.14. The molecule has 1 atom stereocenters.